The lowest BCUT2D eigenvalue weighted by Crippen LogP contribution is -1.90. The third-order valence-electron chi connectivity index (χ3n) is 6.14. The summed E-state index contributed by atoms with van der Waals surface area (Å²) in [5.74, 6) is 1.84. The van der Waals surface area contributed by atoms with Gasteiger partial charge >= 0.3 is 0 Å². The van der Waals surface area contributed by atoms with Crippen LogP contribution >= 0.6 is 0 Å². The van der Waals surface area contributed by atoms with Gasteiger partial charge in [0.05, 0.1) is 14.2 Å². The van der Waals surface area contributed by atoms with Crippen molar-refractivity contribution in [2.45, 2.75) is 64.2 Å². The molecule has 3 rings (SSSR count). The summed E-state index contributed by atoms with van der Waals surface area (Å²) in [4.78, 5) is 0. The topological polar surface area (TPSA) is 38.7 Å². The number of aliphatic hydroxyl groups excluding tert-OH is 1. The Kier molecular flexibility index (Phi) is 8.82. The second kappa shape index (κ2) is 11.8. The van der Waals surface area contributed by atoms with Gasteiger partial charge in [-0.1, -0.05) is 56.7 Å². The molecule has 0 atom stereocenters. The highest BCUT2D eigenvalue weighted by Gasteiger charge is 2.22. The van der Waals surface area contributed by atoms with Crippen molar-refractivity contribution < 1.29 is 14.6 Å². The average molecular weight is 409 g/mol. The third-order valence-corrected chi connectivity index (χ3v) is 6.14. The van der Waals surface area contributed by atoms with Gasteiger partial charge in [-0.15, -0.1) is 0 Å². The van der Waals surface area contributed by atoms with Gasteiger partial charge < -0.3 is 14.6 Å². The predicted molar refractivity (Wildman–Crippen MR) is 125 cm³/mol. The van der Waals surface area contributed by atoms with E-state index < -0.39 is 0 Å². The number of aliphatic hydroxyl groups is 1. The Morgan fingerprint density at radius 1 is 0.733 bits per heavy atom. The van der Waals surface area contributed by atoms with Crippen LogP contribution in [0.15, 0.2) is 42.5 Å². The standard InChI is InChI=1S/C27H36O3/c1-29-23-14-12-21(13-15-23)27-20-22-19-24(30-2)16-17-25(22)26(27)11-9-7-5-3-4-6-8-10-18-28/h12-17,19,28H,3-11,18,20H2,1-2H3. The summed E-state index contributed by atoms with van der Waals surface area (Å²) >= 11 is 0. The molecule has 1 aliphatic rings. The van der Waals surface area contributed by atoms with Crippen molar-refractivity contribution in [2.75, 3.05) is 20.8 Å². The molecule has 0 fully saturated rings. The highest BCUT2D eigenvalue weighted by molar-refractivity contribution is 5.97. The van der Waals surface area contributed by atoms with E-state index in [2.05, 4.69) is 42.5 Å². The minimum absolute atomic E-state index is 0.332. The number of benzene rings is 2. The highest BCUT2D eigenvalue weighted by Crippen LogP contribution is 2.42. The molecule has 0 amide bonds. The molecule has 1 N–H and O–H groups in total. The predicted octanol–water partition coefficient (Wildman–Crippen LogP) is 6.67. The highest BCUT2D eigenvalue weighted by atomic mass is 16.5. The van der Waals surface area contributed by atoms with E-state index in [-0.39, 0.29) is 0 Å². The van der Waals surface area contributed by atoms with Crippen LogP contribution in [0.25, 0.3) is 11.1 Å². The molecule has 3 heteroatoms. The van der Waals surface area contributed by atoms with Gasteiger partial charge in [-0.3, -0.25) is 0 Å². The van der Waals surface area contributed by atoms with E-state index in [1.54, 1.807) is 14.2 Å². The van der Waals surface area contributed by atoms with Crippen LogP contribution in [0.4, 0.5) is 0 Å². The number of hydrogen-bond acceptors (Lipinski definition) is 3. The smallest absolute Gasteiger partial charge is 0.119 e. The van der Waals surface area contributed by atoms with E-state index in [9.17, 15) is 0 Å². The fourth-order valence-electron chi connectivity index (χ4n) is 4.43. The first-order chi connectivity index (χ1) is 14.8. The number of rotatable bonds is 13. The first-order valence-corrected chi connectivity index (χ1v) is 11.4. The Labute approximate surface area is 181 Å². The second-order valence-electron chi connectivity index (χ2n) is 8.19. The molecule has 3 nitrogen and oxygen atoms in total. The zero-order valence-corrected chi connectivity index (χ0v) is 18.6. The van der Waals surface area contributed by atoms with Crippen LogP contribution in [0.5, 0.6) is 11.5 Å². The molecule has 0 aliphatic heterocycles. The maximum absolute atomic E-state index is 8.85. The molecule has 0 saturated carbocycles. The summed E-state index contributed by atoms with van der Waals surface area (Å²) < 4.78 is 10.8. The lowest BCUT2D eigenvalue weighted by molar-refractivity contribution is 0.282. The first-order valence-electron chi connectivity index (χ1n) is 11.4. The van der Waals surface area contributed by atoms with Gasteiger partial charge in [0.1, 0.15) is 11.5 Å². The Bertz CT molecular complexity index is 821. The van der Waals surface area contributed by atoms with Gasteiger partial charge in [-0.25, -0.2) is 0 Å². The first kappa shape index (κ1) is 22.4. The van der Waals surface area contributed by atoms with Gasteiger partial charge in [0.2, 0.25) is 0 Å². The quantitative estimate of drug-likeness (QED) is 0.376. The number of ether oxygens (including phenoxy) is 2. The number of unbranched alkanes of at least 4 members (excludes halogenated alkanes) is 7. The monoisotopic (exact) mass is 408 g/mol. The molecule has 0 aromatic heterocycles. The molecule has 1 aliphatic carbocycles. The number of allylic oxidation sites excluding steroid dienone is 2. The minimum Gasteiger partial charge on any atom is -0.497 e. The molecule has 162 valence electrons. The van der Waals surface area contributed by atoms with Crippen molar-refractivity contribution in [1.29, 1.82) is 0 Å². The van der Waals surface area contributed by atoms with E-state index in [0.717, 1.165) is 37.2 Å². The fraction of sp³-hybridized carbons (Fsp3) is 0.481. The summed E-state index contributed by atoms with van der Waals surface area (Å²) in [6.45, 7) is 0.332. The molecule has 0 unspecified atom stereocenters. The zero-order chi connectivity index (χ0) is 21.2. The van der Waals surface area contributed by atoms with Crippen LogP contribution in [0.1, 0.15) is 74.5 Å². The van der Waals surface area contributed by atoms with Crippen molar-refractivity contribution in [3.63, 3.8) is 0 Å². The SMILES string of the molecule is COc1ccc(C2=C(CCCCCCCCCCO)c3ccc(OC)cc3C2)cc1. The van der Waals surface area contributed by atoms with Crippen LogP contribution in [-0.2, 0) is 6.42 Å². The zero-order valence-electron chi connectivity index (χ0n) is 18.6. The Morgan fingerprint density at radius 3 is 1.97 bits per heavy atom. The Balaban J connectivity index is 1.63. The van der Waals surface area contributed by atoms with Crippen LogP contribution < -0.4 is 9.47 Å². The van der Waals surface area contributed by atoms with E-state index in [1.165, 1.54) is 66.4 Å². The average Bonchev–Trinajstić information content (AvgIpc) is 3.15. The van der Waals surface area contributed by atoms with Crippen molar-refractivity contribution in [3.05, 3.63) is 59.2 Å². The van der Waals surface area contributed by atoms with Gasteiger partial charge in [0.15, 0.2) is 0 Å². The molecule has 2 aromatic rings. The summed E-state index contributed by atoms with van der Waals surface area (Å²) in [5.41, 5.74) is 7.01. The van der Waals surface area contributed by atoms with Crippen LogP contribution in [0.2, 0.25) is 0 Å². The Hall–Kier alpha value is -2.26. The lowest BCUT2D eigenvalue weighted by Gasteiger charge is -2.10. The van der Waals surface area contributed by atoms with E-state index in [1.807, 2.05) is 0 Å². The van der Waals surface area contributed by atoms with Crippen molar-refractivity contribution >= 4 is 11.1 Å². The molecule has 0 spiro atoms. The lowest BCUT2D eigenvalue weighted by atomic mass is 9.95. The number of methoxy groups -OCH3 is 2. The van der Waals surface area contributed by atoms with Gasteiger partial charge in [0.25, 0.3) is 0 Å². The van der Waals surface area contributed by atoms with Crippen LogP contribution in [0.3, 0.4) is 0 Å². The van der Waals surface area contributed by atoms with Gasteiger partial charge in [-0.2, -0.15) is 0 Å². The molecule has 0 saturated heterocycles. The second-order valence-corrected chi connectivity index (χ2v) is 8.19. The Morgan fingerprint density at radius 2 is 1.33 bits per heavy atom. The van der Waals surface area contributed by atoms with Gasteiger partial charge in [-0.05, 0) is 77.8 Å². The molecular weight excluding hydrogens is 372 g/mol. The molecular formula is C27H36O3. The molecule has 0 radical (unpaired) electrons. The normalized spacial score (nSPS) is 12.9. The van der Waals surface area contributed by atoms with E-state index in [0.29, 0.717) is 6.61 Å². The van der Waals surface area contributed by atoms with Crippen LogP contribution in [-0.4, -0.2) is 25.9 Å². The summed E-state index contributed by atoms with van der Waals surface area (Å²) in [7, 11) is 3.45. The van der Waals surface area contributed by atoms with Crippen molar-refractivity contribution in [1.82, 2.24) is 0 Å². The van der Waals surface area contributed by atoms with E-state index >= 15 is 0 Å². The molecule has 2 aromatic carbocycles. The fourth-order valence-corrected chi connectivity index (χ4v) is 4.43. The number of fused-ring (bicyclic) bond motifs is 1. The summed E-state index contributed by atoms with van der Waals surface area (Å²) in [6.07, 6.45) is 11.9. The minimum atomic E-state index is 0.332. The number of hydrogen-bond donors (Lipinski definition) is 1. The van der Waals surface area contributed by atoms with Crippen molar-refractivity contribution in [3.8, 4) is 11.5 Å². The maximum atomic E-state index is 8.85. The molecule has 0 bridgehead atoms. The molecule has 30 heavy (non-hydrogen) atoms. The van der Waals surface area contributed by atoms with Crippen molar-refractivity contribution in [2.24, 2.45) is 0 Å². The van der Waals surface area contributed by atoms with Crippen LogP contribution in [0, 0.1) is 0 Å². The summed E-state index contributed by atoms with van der Waals surface area (Å²) in [6, 6.07) is 15.0. The van der Waals surface area contributed by atoms with E-state index in [4.69, 9.17) is 14.6 Å². The largest absolute Gasteiger partial charge is 0.497 e. The summed E-state index contributed by atoms with van der Waals surface area (Å²) in [5, 5.41) is 8.85. The van der Waals surface area contributed by atoms with Gasteiger partial charge in [0, 0.05) is 6.61 Å². The molecule has 0 heterocycles. The third kappa shape index (κ3) is 5.89. The maximum Gasteiger partial charge on any atom is 0.119 e.